The van der Waals surface area contributed by atoms with Gasteiger partial charge >= 0.3 is 0 Å². The molecule has 1 heterocycles. The van der Waals surface area contributed by atoms with Crippen molar-refractivity contribution in [3.05, 3.63) is 70.9 Å². The maximum Gasteiger partial charge on any atom is 0.221 e. The monoisotopic (exact) mass is 325 g/mol. The molecule has 1 aromatic heterocycles. The summed E-state index contributed by atoms with van der Waals surface area (Å²) in [6.07, 6.45) is 1.99. The molecule has 0 aliphatic heterocycles. The largest absolute Gasteiger partial charge is 0.369 e. The fourth-order valence-electron chi connectivity index (χ4n) is 2.48. The predicted molar refractivity (Wildman–Crippen MR) is 91.6 cm³/mol. The van der Waals surface area contributed by atoms with Crippen molar-refractivity contribution in [3.63, 3.8) is 0 Å². The highest BCUT2D eigenvalue weighted by atomic mass is 35.5. The van der Waals surface area contributed by atoms with Crippen molar-refractivity contribution in [3.8, 4) is 16.9 Å². The second-order valence-corrected chi connectivity index (χ2v) is 5.87. The number of aromatic nitrogens is 2. The van der Waals surface area contributed by atoms with Crippen LogP contribution in [0.5, 0.6) is 0 Å². The zero-order valence-electron chi connectivity index (χ0n) is 12.7. The van der Waals surface area contributed by atoms with Crippen LogP contribution in [0.3, 0.4) is 0 Å². The van der Waals surface area contributed by atoms with Crippen LogP contribution in [0, 0.1) is 6.92 Å². The van der Waals surface area contributed by atoms with Gasteiger partial charge in [0.25, 0.3) is 0 Å². The average molecular weight is 326 g/mol. The third-order valence-corrected chi connectivity index (χ3v) is 3.79. The van der Waals surface area contributed by atoms with E-state index in [4.69, 9.17) is 17.3 Å². The van der Waals surface area contributed by atoms with Gasteiger partial charge in [0, 0.05) is 22.3 Å². The minimum absolute atomic E-state index is 0.143. The van der Waals surface area contributed by atoms with E-state index in [9.17, 15) is 4.79 Å². The molecule has 0 saturated carbocycles. The standard InChI is InChI=1S/C18H16ClN3O/c1-12-3-2-4-16(9-12)22-11-14(10-17(20)23)18(21-22)13-5-7-15(19)8-6-13/h2-9,11H,10H2,1H3,(H2,20,23). The van der Waals surface area contributed by atoms with Crippen LogP contribution in [0.2, 0.25) is 5.02 Å². The summed E-state index contributed by atoms with van der Waals surface area (Å²) in [6.45, 7) is 2.03. The van der Waals surface area contributed by atoms with Gasteiger partial charge in [-0.3, -0.25) is 4.79 Å². The number of hydrogen-bond donors (Lipinski definition) is 1. The summed E-state index contributed by atoms with van der Waals surface area (Å²) in [5.74, 6) is -0.385. The first-order valence-corrected chi connectivity index (χ1v) is 7.60. The molecule has 2 aromatic carbocycles. The number of benzene rings is 2. The zero-order chi connectivity index (χ0) is 16.4. The summed E-state index contributed by atoms with van der Waals surface area (Å²) < 4.78 is 1.77. The lowest BCUT2D eigenvalue weighted by Crippen LogP contribution is -2.13. The Morgan fingerprint density at radius 2 is 1.96 bits per heavy atom. The van der Waals surface area contributed by atoms with Crippen LogP contribution in [-0.2, 0) is 11.2 Å². The van der Waals surface area contributed by atoms with E-state index < -0.39 is 0 Å². The quantitative estimate of drug-likeness (QED) is 0.797. The Kier molecular flexibility index (Phi) is 4.17. The second-order valence-electron chi connectivity index (χ2n) is 5.44. The minimum atomic E-state index is -0.385. The van der Waals surface area contributed by atoms with Crippen LogP contribution in [0.4, 0.5) is 0 Å². The fraction of sp³-hybridized carbons (Fsp3) is 0.111. The normalized spacial score (nSPS) is 10.7. The van der Waals surface area contributed by atoms with Gasteiger partial charge in [0.1, 0.15) is 0 Å². The molecule has 3 aromatic rings. The van der Waals surface area contributed by atoms with E-state index in [1.807, 2.05) is 49.5 Å². The van der Waals surface area contributed by atoms with Crippen LogP contribution in [0.25, 0.3) is 16.9 Å². The molecule has 116 valence electrons. The molecule has 3 rings (SSSR count). The lowest BCUT2D eigenvalue weighted by Gasteiger charge is -2.02. The molecule has 5 heteroatoms. The Bertz CT molecular complexity index is 853. The molecule has 0 radical (unpaired) electrons. The van der Waals surface area contributed by atoms with Gasteiger partial charge in [-0.05, 0) is 36.8 Å². The number of nitrogens with zero attached hydrogens (tertiary/aromatic N) is 2. The van der Waals surface area contributed by atoms with Crippen molar-refractivity contribution < 1.29 is 4.79 Å². The first kappa shape index (κ1) is 15.3. The molecule has 0 fully saturated rings. The molecule has 0 aliphatic carbocycles. The van der Waals surface area contributed by atoms with Gasteiger partial charge in [-0.2, -0.15) is 5.10 Å². The molecule has 4 nitrogen and oxygen atoms in total. The molecule has 0 atom stereocenters. The van der Waals surface area contributed by atoms with Gasteiger partial charge in [-0.1, -0.05) is 35.9 Å². The van der Waals surface area contributed by atoms with E-state index in [0.717, 1.165) is 28.1 Å². The Labute approximate surface area is 139 Å². The molecule has 0 aliphatic rings. The van der Waals surface area contributed by atoms with Gasteiger partial charge in [-0.25, -0.2) is 4.68 Å². The highest BCUT2D eigenvalue weighted by Crippen LogP contribution is 2.25. The molecular formula is C18H16ClN3O. The Morgan fingerprint density at radius 3 is 2.61 bits per heavy atom. The summed E-state index contributed by atoms with van der Waals surface area (Å²) >= 11 is 5.94. The summed E-state index contributed by atoms with van der Waals surface area (Å²) in [5, 5.41) is 5.30. The van der Waals surface area contributed by atoms with E-state index in [0.29, 0.717) is 5.02 Å². The Morgan fingerprint density at radius 1 is 1.22 bits per heavy atom. The van der Waals surface area contributed by atoms with Crippen LogP contribution >= 0.6 is 11.6 Å². The summed E-state index contributed by atoms with van der Waals surface area (Å²) in [5.41, 5.74) is 9.88. The van der Waals surface area contributed by atoms with Crippen LogP contribution in [0.1, 0.15) is 11.1 Å². The Balaban J connectivity index is 2.10. The third-order valence-electron chi connectivity index (χ3n) is 3.54. The lowest BCUT2D eigenvalue weighted by atomic mass is 10.1. The van der Waals surface area contributed by atoms with Gasteiger partial charge < -0.3 is 5.73 Å². The van der Waals surface area contributed by atoms with E-state index in [-0.39, 0.29) is 12.3 Å². The second kappa shape index (κ2) is 6.26. The maximum atomic E-state index is 11.4. The molecule has 2 N–H and O–H groups in total. The number of rotatable bonds is 4. The first-order chi connectivity index (χ1) is 11.0. The van der Waals surface area contributed by atoms with Crippen LogP contribution < -0.4 is 5.73 Å². The number of carbonyl (C=O) groups is 1. The van der Waals surface area contributed by atoms with Crippen molar-refractivity contribution in [1.29, 1.82) is 0 Å². The SMILES string of the molecule is Cc1cccc(-n2cc(CC(N)=O)c(-c3ccc(Cl)cc3)n2)c1. The number of hydrogen-bond acceptors (Lipinski definition) is 2. The minimum Gasteiger partial charge on any atom is -0.369 e. The third kappa shape index (κ3) is 3.43. The summed E-state index contributed by atoms with van der Waals surface area (Å²) in [7, 11) is 0. The Hall–Kier alpha value is -2.59. The number of aryl methyl sites for hydroxylation is 1. The average Bonchev–Trinajstić information content (AvgIpc) is 2.91. The van der Waals surface area contributed by atoms with E-state index in [1.54, 1.807) is 16.8 Å². The molecule has 1 amide bonds. The number of amides is 1. The van der Waals surface area contributed by atoms with Gasteiger partial charge in [0.2, 0.25) is 5.91 Å². The lowest BCUT2D eigenvalue weighted by molar-refractivity contribution is -0.117. The van der Waals surface area contributed by atoms with Crippen LogP contribution in [-0.4, -0.2) is 15.7 Å². The van der Waals surface area contributed by atoms with Gasteiger partial charge in [0.05, 0.1) is 17.8 Å². The highest BCUT2D eigenvalue weighted by Gasteiger charge is 2.14. The summed E-state index contributed by atoms with van der Waals surface area (Å²) in [4.78, 5) is 11.4. The first-order valence-electron chi connectivity index (χ1n) is 7.23. The zero-order valence-corrected chi connectivity index (χ0v) is 13.4. The molecule has 0 saturated heterocycles. The van der Waals surface area contributed by atoms with Gasteiger partial charge in [0.15, 0.2) is 0 Å². The van der Waals surface area contributed by atoms with E-state index in [1.165, 1.54) is 0 Å². The van der Waals surface area contributed by atoms with Crippen molar-refractivity contribution in [2.45, 2.75) is 13.3 Å². The number of nitrogens with two attached hydrogens (primary N) is 1. The molecular weight excluding hydrogens is 310 g/mol. The van der Waals surface area contributed by atoms with E-state index in [2.05, 4.69) is 5.10 Å². The number of halogens is 1. The van der Waals surface area contributed by atoms with E-state index >= 15 is 0 Å². The van der Waals surface area contributed by atoms with Crippen molar-refractivity contribution in [2.24, 2.45) is 5.73 Å². The highest BCUT2D eigenvalue weighted by molar-refractivity contribution is 6.30. The number of primary amides is 1. The van der Waals surface area contributed by atoms with Crippen LogP contribution in [0.15, 0.2) is 54.7 Å². The molecule has 0 bridgehead atoms. The fourth-order valence-corrected chi connectivity index (χ4v) is 2.61. The number of carbonyl (C=O) groups excluding carboxylic acids is 1. The topological polar surface area (TPSA) is 60.9 Å². The maximum absolute atomic E-state index is 11.4. The predicted octanol–water partition coefficient (Wildman–Crippen LogP) is 3.53. The van der Waals surface area contributed by atoms with Gasteiger partial charge in [-0.15, -0.1) is 0 Å². The summed E-state index contributed by atoms with van der Waals surface area (Å²) in [6, 6.07) is 15.4. The molecule has 23 heavy (non-hydrogen) atoms. The smallest absolute Gasteiger partial charge is 0.221 e. The van der Waals surface area contributed by atoms with Crippen molar-refractivity contribution in [2.75, 3.05) is 0 Å². The van der Waals surface area contributed by atoms with Crippen molar-refractivity contribution in [1.82, 2.24) is 9.78 Å². The molecule has 0 unspecified atom stereocenters. The van der Waals surface area contributed by atoms with Crippen molar-refractivity contribution >= 4 is 17.5 Å². The molecule has 0 spiro atoms.